The predicted molar refractivity (Wildman–Crippen MR) is 56.4 cm³/mol. The van der Waals surface area contributed by atoms with Gasteiger partial charge in [-0.25, -0.2) is 0 Å². The van der Waals surface area contributed by atoms with Gasteiger partial charge in [-0.05, 0) is 12.3 Å². The van der Waals surface area contributed by atoms with E-state index in [4.69, 9.17) is 0 Å². The molecule has 1 atom stereocenters. The van der Waals surface area contributed by atoms with Gasteiger partial charge in [-0.2, -0.15) is 0 Å². The third-order valence-electron chi connectivity index (χ3n) is 2.22. The van der Waals surface area contributed by atoms with Crippen LogP contribution < -0.4 is 5.32 Å². The highest BCUT2D eigenvalue weighted by molar-refractivity contribution is 4.72. The average Bonchev–Trinajstić information content (AvgIpc) is 1.96. The molecule has 1 unspecified atom stereocenters. The molecule has 0 radical (unpaired) electrons. The van der Waals surface area contributed by atoms with E-state index in [-0.39, 0.29) is 0 Å². The summed E-state index contributed by atoms with van der Waals surface area (Å²) in [6.07, 6.45) is 3.98. The van der Waals surface area contributed by atoms with E-state index < -0.39 is 0 Å². The fourth-order valence-electron chi connectivity index (χ4n) is 1.46. The summed E-state index contributed by atoms with van der Waals surface area (Å²) in [6.45, 7) is 11.3. The van der Waals surface area contributed by atoms with Gasteiger partial charge in [-0.15, -0.1) is 0 Å². The molecule has 0 aromatic carbocycles. The van der Waals surface area contributed by atoms with Crippen LogP contribution in [0.15, 0.2) is 0 Å². The van der Waals surface area contributed by atoms with Gasteiger partial charge in [0.2, 0.25) is 0 Å². The molecule has 0 saturated heterocycles. The molecule has 0 amide bonds. The van der Waals surface area contributed by atoms with Gasteiger partial charge in [0.05, 0.1) is 0 Å². The minimum absolute atomic E-state index is 0.620. The Morgan fingerprint density at radius 2 is 1.67 bits per heavy atom. The fraction of sp³-hybridized carbons (Fsp3) is 1.00. The molecule has 0 aliphatic carbocycles. The van der Waals surface area contributed by atoms with Crippen molar-refractivity contribution in [3.63, 3.8) is 0 Å². The van der Waals surface area contributed by atoms with E-state index in [1.54, 1.807) is 0 Å². The van der Waals surface area contributed by atoms with E-state index >= 15 is 0 Å². The Labute approximate surface area is 77.9 Å². The highest BCUT2D eigenvalue weighted by Gasteiger charge is 2.12. The maximum absolute atomic E-state index is 3.61. The Hall–Kier alpha value is -0.0400. The van der Waals surface area contributed by atoms with Gasteiger partial charge in [0, 0.05) is 12.1 Å². The molecule has 74 valence electrons. The summed E-state index contributed by atoms with van der Waals surface area (Å²) in [6, 6.07) is 1.33. The van der Waals surface area contributed by atoms with E-state index in [9.17, 15) is 0 Å². The molecule has 0 spiro atoms. The Bertz CT molecular complexity index is 97.2. The van der Waals surface area contributed by atoms with Gasteiger partial charge in [0.25, 0.3) is 0 Å². The quantitative estimate of drug-likeness (QED) is 0.647. The second-order valence-electron chi connectivity index (χ2n) is 4.31. The zero-order valence-electron chi connectivity index (χ0n) is 9.35. The number of hydrogen-bond acceptors (Lipinski definition) is 1. The van der Waals surface area contributed by atoms with Crippen molar-refractivity contribution in [2.45, 2.75) is 66.0 Å². The Balaban J connectivity index is 3.70. The van der Waals surface area contributed by atoms with Crippen LogP contribution in [0.2, 0.25) is 0 Å². The predicted octanol–water partition coefficient (Wildman–Crippen LogP) is 3.20. The second kappa shape index (κ2) is 6.47. The van der Waals surface area contributed by atoms with Crippen molar-refractivity contribution < 1.29 is 0 Å². The highest BCUT2D eigenvalue weighted by atomic mass is 14.9. The lowest BCUT2D eigenvalue weighted by molar-refractivity contribution is 0.344. The van der Waals surface area contributed by atoms with Crippen molar-refractivity contribution in [3.8, 4) is 0 Å². The molecule has 0 fully saturated rings. The maximum atomic E-state index is 3.61. The van der Waals surface area contributed by atoms with E-state index in [0.717, 1.165) is 5.92 Å². The maximum Gasteiger partial charge on any atom is 0.00924 e. The molecular formula is C11H25N. The molecule has 0 heterocycles. The van der Waals surface area contributed by atoms with E-state index in [2.05, 4.69) is 39.9 Å². The van der Waals surface area contributed by atoms with Crippen LogP contribution in [0.5, 0.6) is 0 Å². The molecule has 0 rings (SSSR count). The van der Waals surface area contributed by atoms with Crippen LogP contribution in [-0.2, 0) is 0 Å². The molecule has 0 aliphatic rings. The number of rotatable bonds is 6. The van der Waals surface area contributed by atoms with Crippen molar-refractivity contribution in [2.24, 2.45) is 5.92 Å². The van der Waals surface area contributed by atoms with Crippen LogP contribution in [0.4, 0.5) is 0 Å². The van der Waals surface area contributed by atoms with Crippen LogP contribution >= 0.6 is 0 Å². The van der Waals surface area contributed by atoms with Crippen LogP contribution in [0.25, 0.3) is 0 Å². The Morgan fingerprint density at radius 3 is 2.00 bits per heavy atom. The Kier molecular flexibility index (Phi) is 6.45. The van der Waals surface area contributed by atoms with Gasteiger partial charge in [-0.1, -0.05) is 47.5 Å². The average molecular weight is 171 g/mol. The Morgan fingerprint density at radius 1 is 1.08 bits per heavy atom. The first-order valence-corrected chi connectivity index (χ1v) is 5.34. The van der Waals surface area contributed by atoms with Crippen LogP contribution in [0.3, 0.4) is 0 Å². The summed E-state index contributed by atoms with van der Waals surface area (Å²) < 4.78 is 0. The lowest BCUT2D eigenvalue weighted by atomic mass is 9.98. The third kappa shape index (κ3) is 5.59. The van der Waals surface area contributed by atoms with Gasteiger partial charge in [-0.3, -0.25) is 0 Å². The van der Waals surface area contributed by atoms with Crippen LogP contribution in [0, 0.1) is 5.92 Å². The van der Waals surface area contributed by atoms with Gasteiger partial charge >= 0.3 is 0 Å². The van der Waals surface area contributed by atoms with E-state index in [0.29, 0.717) is 12.1 Å². The molecule has 0 bridgehead atoms. The molecule has 12 heavy (non-hydrogen) atoms. The van der Waals surface area contributed by atoms with Crippen molar-refractivity contribution in [3.05, 3.63) is 0 Å². The monoisotopic (exact) mass is 171 g/mol. The first-order chi connectivity index (χ1) is 5.57. The summed E-state index contributed by atoms with van der Waals surface area (Å²) in [4.78, 5) is 0. The summed E-state index contributed by atoms with van der Waals surface area (Å²) in [7, 11) is 0. The molecule has 0 saturated carbocycles. The minimum atomic E-state index is 0.620. The van der Waals surface area contributed by atoms with Crippen molar-refractivity contribution in [2.75, 3.05) is 0 Å². The van der Waals surface area contributed by atoms with Crippen LogP contribution in [0.1, 0.15) is 53.9 Å². The number of unbranched alkanes of at least 4 members (excludes halogenated alkanes) is 1. The molecule has 1 N–H and O–H groups in total. The van der Waals surface area contributed by atoms with E-state index in [1.807, 2.05) is 0 Å². The number of nitrogens with one attached hydrogen (secondary N) is 1. The second-order valence-corrected chi connectivity index (χ2v) is 4.31. The van der Waals surface area contributed by atoms with Gasteiger partial charge < -0.3 is 5.32 Å². The topological polar surface area (TPSA) is 12.0 Å². The molecular weight excluding hydrogens is 146 g/mol. The zero-order chi connectivity index (χ0) is 9.56. The molecule has 1 nitrogen and oxygen atoms in total. The number of hydrogen-bond donors (Lipinski definition) is 1. The van der Waals surface area contributed by atoms with Crippen molar-refractivity contribution >= 4 is 0 Å². The van der Waals surface area contributed by atoms with Crippen LogP contribution in [-0.4, -0.2) is 12.1 Å². The standard InChI is InChI=1S/C11H25N/c1-6-7-8-11(9(2)3)12-10(4)5/h9-12H,6-8H2,1-5H3. The summed E-state index contributed by atoms with van der Waals surface area (Å²) in [5.74, 6) is 0.763. The highest BCUT2D eigenvalue weighted by Crippen LogP contribution is 2.10. The molecule has 0 aromatic rings. The van der Waals surface area contributed by atoms with Gasteiger partial charge in [0.1, 0.15) is 0 Å². The summed E-state index contributed by atoms with van der Waals surface area (Å²) in [5, 5.41) is 3.61. The lowest BCUT2D eigenvalue weighted by Gasteiger charge is -2.24. The molecule has 0 aromatic heterocycles. The zero-order valence-corrected chi connectivity index (χ0v) is 9.35. The normalized spacial score (nSPS) is 14.2. The van der Waals surface area contributed by atoms with Crippen molar-refractivity contribution in [1.82, 2.24) is 5.32 Å². The third-order valence-corrected chi connectivity index (χ3v) is 2.22. The largest absolute Gasteiger partial charge is 0.312 e. The summed E-state index contributed by atoms with van der Waals surface area (Å²) in [5.41, 5.74) is 0. The molecule has 1 heteroatoms. The lowest BCUT2D eigenvalue weighted by Crippen LogP contribution is -2.38. The van der Waals surface area contributed by atoms with E-state index in [1.165, 1.54) is 19.3 Å². The SMILES string of the molecule is CCCCC(NC(C)C)C(C)C. The first-order valence-electron chi connectivity index (χ1n) is 5.34. The van der Waals surface area contributed by atoms with Gasteiger partial charge in [0.15, 0.2) is 0 Å². The molecule has 0 aliphatic heterocycles. The smallest absolute Gasteiger partial charge is 0.00924 e. The fourth-order valence-corrected chi connectivity index (χ4v) is 1.46. The summed E-state index contributed by atoms with van der Waals surface area (Å²) >= 11 is 0. The first kappa shape index (κ1) is 12.0. The minimum Gasteiger partial charge on any atom is -0.312 e. The van der Waals surface area contributed by atoms with Crippen molar-refractivity contribution in [1.29, 1.82) is 0 Å².